The van der Waals surface area contributed by atoms with Gasteiger partial charge in [0.25, 0.3) is 0 Å². The highest BCUT2D eigenvalue weighted by molar-refractivity contribution is 5.77. The van der Waals surface area contributed by atoms with Crippen molar-refractivity contribution in [1.29, 1.82) is 0 Å². The maximum Gasteiger partial charge on any atom is 0.249 e. The molecular formula is C19H24N4O3. The summed E-state index contributed by atoms with van der Waals surface area (Å²) in [6.45, 7) is 3.04. The molecule has 0 N–H and O–H groups in total. The average molecular weight is 356 g/mol. The quantitative estimate of drug-likeness (QED) is 0.820. The van der Waals surface area contributed by atoms with Crippen LogP contribution in [-0.2, 0) is 9.63 Å². The number of hydrogen-bond acceptors (Lipinski definition) is 6. The van der Waals surface area contributed by atoms with Crippen molar-refractivity contribution in [3.8, 4) is 11.4 Å². The maximum atomic E-state index is 12.7. The second kappa shape index (κ2) is 7.97. The van der Waals surface area contributed by atoms with E-state index in [1.54, 1.807) is 0 Å². The molecule has 3 heterocycles. The summed E-state index contributed by atoms with van der Waals surface area (Å²) in [5, 5.41) is 6.00. The zero-order chi connectivity index (χ0) is 17.8. The van der Waals surface area contributed by atoms with Crippen LogP contribution in [0.1, 0.15) is 44.0 Å². The van der Waals surface area contributed by atoms with Crippen LogP contribution in [0.3, 0.4) is 0 Å². The molecule has 2 fully saturated rings. The van der Waals surface area contributed by atoms with Crippen LogP contribution in [-0.4, -0.2) is 52.3 Å². The Labute approximate surface area is 152 Å². The van der Waals surface area contributed by atoms with Crippen molar-refractivity contribution < 1.29 is 14.2 Å². The lowest BCUT2D eigenvalue weighted by molar-refractivity contribution is -0.182. The van der Waals surface area contributed by atoms with Crippen LogP contribution in [0.25, 0.3) is 11.4 Å². The zero-order valence-corrected chi connectivity index (χ0v) is 14.8. The molecule has 0 spiro atoms. The summed E-state index contributed by atoms with van der Waals surface area (Å²) < 4.78 is 5.49. The van der Waals surface area contributed by atoms with E-state index in [1.165, 1.54) is 0 Å². The SMILES string of the molecule is O=C(CCN1CCCCO1)N1CCCC1c1nc(-c2ccccc2)no1. The molecule has 2 aliphatic rings. The number of amides is 1. The van der Waals surface area contributed by atoms with Gasteiger partial charge in [0.05, 0.1) is 6.61 Å². The Kier molecular flexibility index (Phi) is 5.26. The summed E-state index contributed by atoms with van der Waals surface area (Å²) in [5.74, 6) is 1.23. The van der Waals surface area contributed by atoms with Crippen molar-refractivity contribution >= 4 is 5.91 Å². The summed E-state index contributed by atoms with van der Waals surface area (Å²) in [5.41, 5.74) is 0.917. The van der Waals surface area contributed by atoms with Gasteiger partial charge in [0, 0.05) is 31.6 Å². The number of rotatable bonds is 5. The van der Waals surface area contributed by atoms with E-state index < -0.39 is 0 Å². The van der Waals surface area contributed by atoms with Gasteiger partial charge in [-0.3, -0.25) is 9.63 Å². The molecule has 0 bridgehead atoms. The molecule has 1 aromatic heterocycles. The van der Waals surface area contributed by atoms with Crippen molar-refractivity contribution in [1.82, 2.24) is 20.1 Å². The van der Waals surface area contributed by atoms with Gasteiger partial charge in [-0.15, -0.1) is 0 Å². The molecule has 2 aromatic rings. The Morgan fingerprint density at radius 2 is 2.04 bits per heavy atom. The van der Waals surface area contributed by atoms with Gasteiger partial charge in [0.1, 0.15) is 6.04 Å². The molecule has 0 aliphatic carbocycles. The van der Waals surface area contributed by atoms with Gasteiger partial charge < -0.3 is 9.42 Å². The minimum absolute atomic E-state index is 0.116. The molecule has 0 radical (unpaired) electrons. The van der Waals surface area contributed by atoms with E-state index in [1.807, 2.05) is 40.3 Å². The second-order valence-electron chi connectivity index (χ2n) is 6.79. The van der Waals surface area contributed by atoms with Gasteiger partial charge in [-0.05, 0) is 25.7 Å². The van der Waals surface area contributed by atoms with E-state index in [9.17, 15) is 4.79 Å². The lowest BCUT2D eigenvalue weighted by Crippen LogP contribution is -2.36. The Hall–Kier alpha value is -2.25. The third kappa shape index (κ3) is 3.78. The van der Waals surface area contributed by atoms with Crippen molar-refractivity contribution in [3.63, 3.8) is 0 Å². The largest absolute Gasteiger partial charge is 0.337 e. The van der Waals surface area contributed by atoms with E-state index in [0.717, 1.165) is 50.9 Å². The second-order valence-corrected chi connectivity index (χ2v) is 6.79. The van der Waals surface area contributed by atoms with E-state index in [-0.39, 0.29) is 11.9 Å². The van der Waals surface area contributed by atoms with E-state index >= 15 is 0 Å². The molecule has 0 saturated carbocycles. The fraction of sp³-hybridized carbons (Fsp3) is 0.526. The van der Waals surface area contributed by atoms with Gasteiger partial charge in [0.15, 0.2) is 0 Å². The lowest BCUT2D eigenvalue weighted by atomic mass is 10.2. The molecule has 1 aromatic carbocycles. The normalized spacial score (nSPS) is 21.2. The fourth-order valence-electron chi connectivity index (χ4n) is 3.59. The average Bonchev–Trinajstić information content (AvgIpc) is 3.37. The Bertz CT molecular complexity index is 727. The van der Waals surface area contributed by atoms with Crippen molar-refractivity contribution in [2.75, 3.05) is 26.2 Å². The molecule has 7 heteroatoms. The molecule has 2 aliphatic heterocycles. The van der Waals surface area contributed by atoms with Gasteiger partial charge in [-0.1, -0.05) is 35.5 Å². The Morgan fingerprint density at radius 1 is 1.15 bits per heavy atom. The minimum atomic E-state index is -0.116. The van der Waals surface area contributed by atoms with E-state index in [2.05, 4.69) is 10.1 Å². The molecule has 2 saturated heterocycles. The van der Waals surface area contributed by atoms with Crippen LogP contribution in [0.4, 0.5) is 0 Å². The van der Waals surface area contributed by atoms with Crippen LogP contribution in [0.5, 0.6) is 0 Å². The number of hydrogen-bond donors (Lipinski definition) is 0. The predicted octanol–water partition coefficient (Wildman–Crippen LogP) is 2.82. The molecule has 4 rings (SSSR count). The van der Waals surface area contributed by atoms with Crippen LogP contribution < -0.4 is 0 Å². The van der Waals surface area contributed by atoms with Crippen molar-refractivity contribution in [2.24, 2.45) is 0 Å². The zero-order valence-electron chi connectivity index (χ0n) is 14.8. The number of carbonyl (C=O) groups is 1. The van der Waals surface area contributed by atoms with Crippen LogP contribution in [0, 0.1) is 0 Å². The molecule has 1 amide bonds. The van der Waals surface area contributed by atoms with Gasteiger partial charge in [-0.25, -0.2) is 0 Å². The highest BCUT2D eigenvalue weighted by Crippen LogP contribution is 2.32. The van der Waals surface area contributed by atoms with Crippen LogP contribution in [0.2, 0.25) is 0 Å². The lowest BCUT2D eigenvalue weighted by Gasteiger charge is -2.27. The number of aromatic nitrogens is 2. The molecular weight excluding hydrogens is 332 g/mol. The molecule has 138 valence electrons. The first-order chi connectivity index (χ1) is 12.8. The van der Waals surface area contributed by atoms with Crippen molar-refractivity contribution in [2.45, 2.75) is 38.1 Å². The summed E-state index contributed by atoms with van der Waals surface area (Å²) >= 11 is 0. The Balaban J connectivity index is 1.40. The van der Waals surface area contributed by atoms with Gasteiger partial charge in [-0.2, -0.15) is 10.0 Å². The smallest absolute Gasteiger partial charge is 0.249 e. The van der Waals surface area contributed by atoms with Crippen LogP contribution in [0.15, 0.2) is 34.9 Å². The summed E-state index contributed by atoms with van der Waals surface area (Å²) in [6.07, 6.45) is 4.50. The third-order valence-corrected chi connectivity index (χ3v) is 4.98. The summed E-state index contributed by atoms with van der Waals surface area (Å²) in [6, 6.07) is 9.62. The highest BCUT2D eigenvalue weighted by Gasteiger charge is 2.34. The van der Waals surface area contributed by atoms with Crippen LogP contribution >= 0.6 is 0 Å². The summed E-state index contributed by atoms with van der Waals surface area (Å²) in [4.78, 5) is 24.7. The number of likely N-dealkylation sites (tertiary alicyclic amines) is 1. The molecule has 1 atom stereocenters. The first-order valence-corrected chi connectivity index (χ1v) is 9.37. The predicted molar refractivity (Wildman–Crippen MR) is 94.8 cm³/mol. The van der Waals surface area contributed by atoms with E-state index in [0.29, 0.717) is 24.7 Å². The number of benzene rings is 1. The molecule has 26 heavy (non-hydrogen) atoms. The third-order valence-electron chi connectivity index (χ3n) is 4.98. The Morgan fingerprint density at radius 3 is 2.85 bits per heavy atom. The van der Waals surface area contributed by atoms with Gasteiger partial charge >= 0.3 is 0 Å². The number of carbonyl (C=O) groups excluding carboxylic acids is 1. The molecule has 1 unspecified atom stereocenters. The molecule has 7 nitrogen and oxygen atoms in total. The minimum Gasteiger partial charge on any atom is -0.337 e. The number of nitrogens with zero attached hydrogens (tertiary/aromatic N) is 4. The highest BCUT2D eigenvalue weighted by atomic mass is 16.7. The van der Waals surface area contributed by atoms with Crippen molar-refractivity contribution in [3.05, 3.63) is 36.2 Å². The topological polar surface area (TPSA) is 71.7 Å². The first-order valence-electron chi connectivity index (χ1n) is 9.37. The van der Waals surface area contributed by atoms with Gasteiger partial charge in [0.2, 0.25) is 17.6 Å². The summed E-state index contributed by atoms with van der Waals surface area (Å²) in [7, 11) is 0. The monoisotopic (exact) mass is 356 g/mol. The first kappa shape index (κ1) is 17.2. The standard InChI is InChI=1S/C19H24N4O3/c24-17(10-13-22-11-4-5-14-25-22)23-12-6-9-16(23)19-20-18(21-26-19)15-7-2-1-3-8-15/h1-3,7-8,16H,4-6,9-14H2. The van der Waals surface area contributed by atoms with E-state index in [4.69, 9.17) is 9.36 Å². The maximum absolute atomic E-state index is 12.7. The number of hydroxylamine groups is 2. The fourth-order valence-corrected chi connectivity index (χ4v) is 3.59.